The number of rotatable bonds is 5. The van der Waals surface area contributed by atoms with Gasteiger partial charge in [-0.15, -0.1) is 0 Å². The third-order valence-electron chi connectivity index (χ3n) is 3.92. The fraction of sp³-hybridized carbons (Fsp3) is 0.643. The Morgan fingerprint density at radius 1 is 1.33 bits per heavy atom. The molecule has 0 aromatic carbocycles. The molecule has 1 aliphatic carbocycles. The summed E-state index contributed by atoms with van der Waals surface area (Å²) in [5, 5.41) is 3.41. The van der Waals surface area contributed by atoms with E-state index < -0.39 is 0 Å². The Kier molecular flexibility index (Phi) is 4.42. The summed E-state index contributed by atoms with van der Waals surface area (Å²) in [7, 11) is 1.63. The Morgan fingerprint density at radius 2 is 2.11 bits per heavy atom. The second-order valence-electron chi connectivity index (χ2n) is 5.18. The van der Waals surface area contributed by atoms with Crippen LogP contribution in [-0.4, -0.2) is 25.2 Å². The fourth-order valence-electron chi connectivity index (χ4n) is 2.66. The van der Waals surface area contributed by atoms with Gasteiger partial charge < -0.3 is 15.8 Å². The Labute approximate surface area is 109 Å². The Hall–Kier alpha value is -1.29. The van der Waals surface area contributed by atoms with Gasteiger partial charge in [-0.2, -0.15) is 4.98 Å². The van der Waals surface area contributed by atoms with Crippen LogP contribution in [0.5, 0.6) is 5.88 Å². The average molecular weight is 249 g/mol. The second-order valence-corrected chi connectivity index (χ2v) is 5.18. The summed E-state index contributed by atoms with van der Waals surface area (Å²) in [5.41, 5.74) is 6.23. The van der Waals surface area contributed by atoms with Gasteiger partial charge in [-0.25, -0.2) is 0 Å². The first-order chi connectivity index (χ1) is 8.78. The molecule has 0 atom stereocenters. The van der Waals surface area contributed by atoms with Crippen molar-refractivity contribution in [3.05, 3.63) is 18.2 Å². The number of ether oxygens (including phenoxy) is 1. The Bertz CT molecular complexity index is 375. The average Bonchev–Trinajstić information content (AvgIpc) is 2.46. The van der Waals surface area contributed by atoms with Crippen LogP contribution in [-0.2, 0) is 0 Å². The first kappa shape index (κ1) is 13.1. The van der Waals surface area contributed by atoms with Gasteiger partial charge in [0.05, 0.1) is 7.11 Å². The first-order valence-corrected chi connectivity index (χ1v) is 6.73. The summed E-state index contributed by atoms with van der Waals surface area (Å²) in [6.45, 7) is 1.66. The van der Waals surface area contributed by atoms with Gasteiger partial charge in [0.25, 0.3) is 0 Å². The van der Waals surface area contributed by atoms with Crippen molar-refractivity contribution in [1.82, 2.24) is 4.98 Å². The van der Waals surface area contributed by atoms with Crippen LogP contribution >= 0.6 is 0 Å². The van der Waals surface area contributed by atoms with Crippen molar-refractivity contribution in [2.45, 2.75) is 32.1 Å². The van der Waals surface area contributed by atoms with Crippen molar-refractivity contribution in [3.63, 3.8) is 0 Å². The molecule has 0 unspecified atom stereocenters. The van der Waals surface area contributed by atoms with E-state index in [0.717, 1.165) is 18.9 Å². The van der Waals surface area contributed by atoms with Gasteiger partial charge in [0.1, 0.15) is 5.82 Å². The molecule has 1 aromatic rings. The summed E-state index contributed by atoms with van der Waals surface area (Å²) in [6.07, 6.45) is 6.38. The lowest BCUT2D eigenvalue weighted by Gasteiger charge is -2.36. The predicted molar refractivity (Wildman–Crippen MR) is 73.9 cm³/mol. The fourth-order valence-corrected chi connectivity index (χ4v) is 2.66. The highest BCUT2D eigenvalue weighted by Crippen LogP contribution is 2.35. The van der Waals surface area contributed by atoms with Crippen molar-refractivity contribution >= 4 is 5.82 Å². The monoisotopic (exact) mass is 249 g/mol. The van der Waals surface area contributed by atoms with E-state index in [1.54, 1.807) is 7.11 Å². The number of methoxy groups -OCH3 is 1. The highest BCUT2D eigenvalue weighted by Gasteiger charge is 2.30. The number of hydrogen-bond acceptors (Lipinski definition) is 4. The van der Waals surface area contributed by atoms with Crippen LogP contribution in [0.2, 0.25) is 0 Å². The van der Waals surface area contributed by atoms with E-state index >= 15 is 0 Å². The maximum Gasteiger partial charge on any atom is 0.214 e. The smallest absolute Gasteiger partial charge is 0.214 e. The van der Waals surface area contributed by atoms with E-state index in [2.05, 4.69) is 10.3 Å². The Balaban J connectivity index is 1.96. The molecule has 0 radical (unpaired) electrons. The van der Waals surface area contributed by atoms with Crippen molar-refractivity contribution in [2.24, 2.45) is 11.1 Å². The summed E-state index contributed by atoms with van der Waals surface area (Å²) < 4.78 is 5.12. The van der Waals surface area contributed by atoms with Gasteiger partial charge in [-0.1, -0.05) is 25.3 Å². The summed E-state index contributed by atoms with van der Waals surface area (Å²) in [6, 6.07) is 5.77. The van der Waals surface area contributed by atoms with Gasteiger partial charge >= 0.3 is 0 Å². The zero-order valence-corrected chi connectivity index (χ0v) is 11.1. The molecular weight excluding hydrogens is 226 g/mol. The topological polar surface area (TPSA) is 60.2 Å². The molecule has 0 amide bonds. The Morgan fingerprint density at radius 3 is 2.78 bits per heavy atom. The number of aromatic nitrogens is 1. The zero-order chi connectivity index (χ0) is 12.8. The van der Waals surface area contributed by atoms with Crippen LogP contribution in [0.25, 0.3) is 0 Å². The molecule has 0 saturated heterocycles. The summed E-state index contributed by atoms with van der Waals surface area (Å²) in [4.78, 5) is 4.37. The minimum absolute atomic E-state index is 0.253. The lowest BCUT2D eigenvalue weighted by atomic mass is 9.74. The van der Waals surface area contributed by atoms with E-state index in [9.17, 15) is 0 Å². The van der Waals surface area contributed by atoms with Crippen LogP contribution in [0.4, 0.5) is 5.82 Å². The quantitative estimate of drug-likeness (QED) is 0.841. The second kappa shape index (κ2) is 6.05. The molecule has 1 heterocycles. The molecule has 1 saturated carbocycles. The number of anilines is 1. The third-order valence-corrected chi connectivity index (χ3v) is 3.92. The lowest BCUT2D eigenvalue weighted by molar-refractivity contribution is 0.215. The lowest BCUT2D eigenvalue weighted by Crippen LogP contribution is -2.39. The normalized spacial score (nSPS) is 18.3. The molecule has 18 heavy (non-hydrogen) atoms. The molecule has 1 aromatic heterocycles. The molecule has 1 fully saturated rings. The maximum absolute atomic E-state index is 5.97. The minimum Gasteiger partial charge on any atom is -0.481 e. The molecule has 4 heteroatoms. The zero-order valence-electron chi connectivity index (χ0n) is 11.1. The molecule has 1 aliphatic rings. The van der Waals surface area contributed by atoms with Gasteiger partial charge in [-0.3, -0.25) is 0 Å². The molecule has 2 rings (SSSR count). The van der Waals surface area contributed by atoms with E-state index in [-0.39, 0.29) is 5.41 Å². The van der Waals surface area contributed by atoms with Gasteiger partial charge in [0.15, 0.2) is 0 Å². The van der Waals surface area contributed by atoms with E-state index in [1.807, 2.05) is 18.2 Å². The molecule has 0 bridgehead atoms. The molecule has 0 spiro atoms. The number of hydrogen-bond donors (Lipinski definition) is 2. The van der Waals surface area contributed by atoms with Crippen LogP contribution in [0, 0.1) is 5.41 Å². The van der Waals surface area contributed by atoms with Crippen LogP contribution in [0.3, 0.4) is 0 Å². The molecular formula is C14H23N3O. The van der Waals surface area contributed by atoms with Crippen LogP contribution in [0.15, 0.2) is 18.2 Å². The summed E-state index contributed by atoms with van der Waals surface area (Å²) >= 11 is 0. The standard InChI is InChI=1S/C14H23N3O/c1-18-13-7-5-6-12(17-13)16-11-14(10-15)8-3-2-4-9-14/h5-7H,2-4,8-11,15H2,1H3,(H,16,17). The van der Waals surface area contributed by atoms with Gasteiger partial charge in [-0.05, 0) is 30.9 Å². The highest BCUT2D eigenvalue weighted by atomic mass is 16.5. The van der Waals surface area contributed by atoms with E-state index in [4.69, 9.17) is 10.5 Å². The van der Waals surface area contributed by atoms with E-state index in [0.29, 0.717) is 5.88 Å². The number of nitrogens with one attached hydrogen (secondary N) is 1. The molecule has 0 aliphatic heterocycles. The van der Waals surface area contributed by atoms with Crippen LogP contribution in [0.1, 0.15) is 32.1 Å². The number of nitrogens with zero attached hydrogens (tertiary/aromatic N) is 1. The van der Waals surface area contributed by atoms with Crippen molar-refractivity contribution < 1.29 is 4.74 Å². The van der Waals surface area contributed by atoms with Crippen molar-refractivity contribution in [1.29, 1.82) is 0 Å². The summed E-state index contributed by atoms with van der Waals surface area (Å²) in [5.74, 6) is 1.51. The largest absolute Gasteiger partial charge is 0.481 e. The third kappa shape index (κ3) is 3.13. The van der Waals surface area contributed by atoms with Gasteiger partial charge in [0, 0.05) is 12.6 Å². The maximum atomic E-state index is 5.97. The molecule has 4 nitrogen and oxygen atoms in total. The van der Waals surface area contributed by atoms with Crippen LogP contribution < -0.4 is 15.8 Å². The van der Waals surface area contributed by atoms with Crippen molar-refractivity contribution in [3.8, 4) is 5.88 Å². The SMILES string of the molecule is COc1cccc(NCC2(CN)CCCCC2)n1. The predicted octanol–water partition coefficient (Wildman–Crippen LogP) is 2.41. The first-order valence-electron chi connectivity index (χ1n) is 6.73. The molecule has 100 valence electrons. The number of pyridine rings is 1. The minimum atomic E-state index is 0.253. The molecule has 3 N–H and O–H groups in total. The highest BCUT2D eigenvalue weighted by molar-refractivity contribution is 5.37. The van der Waals surface area contributed by atoms with Gasteiger partial charge in [0.2, 0.25) is 5.88 Å². The number of nitrogens with two attached hydrogens (primary N) is 1. The van der Waals surface area contributed by atoms with Crippen molar-refractivity contribution in [2.75, 3.05) is 25.5 Å². The van der Waals surface area contributed by atoms with E-state index in [1.165, 1.54) is 32.1 Å².